The second-order valence-corrected chi connectivity index (χ2v) is 5.77. The number of nitrogens with one attached hydrogen (secondary N) is 1. The van der Waals surface area contributed by atoms with E-state index in [1.165, 1.54) is 44.9 Å². The van der Waals surface area contributed by atoms with Crippen LogP contribution >= 0.6 is 0 Å². The Morgan fingerprint density at radius 2 is 1.50 bits per heavy atom. The zero-order valence-corrected chi connectivity index (χ0v) is 14.7. The van der Waals surface area contributed by atoms with Crippen molar-refractivity contribution in [2.75, 3.05) is 13.2 Å². The zero-order valence-electron chi connectivity index (χ0n) is 14.7. The fraction of sp³-hybridized carbons (Fsp3) is 0.722. The van der Waals surface area contributed by atoms with Crippen LogP contribution in [0.25, 0.3) is 0 Å². The Morgan fingerprint density at radius 1 is 0.917 bits per heavy atom. The Morgan fingerprint density at radius 3 is 2.08 bits per heavy atom. The summed E-state index contributed by atoms with van der Waals surface area (Å²) in [5, 5.41) is 11.0. The Bertz CT molecular complexity index is 393. The van der Waals surface area contributed by atoms with Crippen molar-refractivity contribution in [3.05, 3.63) is 12.2 Å². The van der Waals surface area contributed by atoms with E-state index in [4.69, 9.17) is 9.84 Å². The largest absolute Gasteiger partial charge is 0.478 e. The van der Waals surface area contributed by atoms with Crippen molar-refractivity contribution >= 4 is 17.8 Å². The van der Waals surface area contributed by atoms with Gasteiger partial charge in [0.1, 0.15) is 6.61 Å². The summed E-state index contributed by atoms with van der Waals surface area (Å²) in [6.45, 7) is 2.49. The summed E-state index contributed by atoms with van der Waals surface area (Å²) in [6, 6.07) is 0. The highest BCUT2D eigenvalue weighted by Crippen LogP contribution is 2.10. The summed E-state index contributed by atoms with van der Waals surface area (Å²) in [5.74, 6) is -1.98. The SMILES string of the molecule is CCCCCCCCCCCC(=O)NCCOC(=O)C=CC(=O)O. The maximum Gasteiger partial charge on any atom is 0.331 e. The lowest BCUT2D eigenvalue weighted by molar-refractivity contribution is -0.139. The Hall–Kier alpha value is -1.85. The van der Waals surface area contributed by atoms with Gasteiger partial charge in [-0.3, -0.25) is 4.79 Å². The van der Waals surface area contributed by atoms with E-state index in [0.717, 1.165) is 18.9 Å². The molecule has 0 aromatic rings. The number of carbonyl (C=O) groups excluding carboxylic acids is 2. The minimum Gasteiger partial charge on any atom is -0.478 e. The molecular formula is C18H31NO5. The van der Waals surface area contributed by atoms with Gasteiger partial charge in [0, 0.05) is 18.6 Å². The highest BCUT2D eigenvalue weighted by molar-refractivity contribution is 5.90. The number of hydrogen-bond donors (Lipinski definition) is 2. The van der Waals surface area contributed by atoms with Crippen LogP contribution in [0.4, 0.5) is 0 Å². The molecule has 0 bridgehead atoms. The predicted molar refractivity (Wildman–Crippen MR) is 92.6 cm³/mol. The molecule has 0 spiro atoms. The van der Waals surface area contributed by atoms with E-state index in [-0.39, 0.29) is 19.1 Å². The van der Waals surface area contributed by atoms with E-state index in [0.29, 0.717) is 12.5 Å². The van der Waals surface area contributed by atoms with Crippen LogP contribution in [0.3, 0.4) is 0 Å². The summed E-state index contributed by atoms with van der Waals surface area (Å²) in [5.41, 5.74) is 0. The highest BCUT2D eigenvalue weighted by Gasteiger charge is 2.02. The maximum absolute atomic E-state index is 11.6. The minimum absolute atomic E-state index is 0.0340. The van der Waals surface area contributed by atoms with Gasteiger partial charge in [-0.2, -0.15) is 0 Å². The summed E-state index contributed by atoms with van der Waals surface area (Å²) in [6.07, 6.45) is 12.9. The summed E-state index contributed by atoms with van der Waals surface area (Å²) < 4.78 is 4.74. The number of hydrogen-bond acceptors (Lipinski definition) is 4. The average Bonchev–Trinajstić information content (AvgIpc) is 2.55. The third-order valence-electron chi connectivity index (χ3n) is 3.54. The van der Waals surface area contributed by atoms with Crippen molar-refractivity contribution in [2.24, 2.45) is 0 Å². The molecule has 0 radical (unpaired) electrons. The van der Waals surface area contributed by atoms with Crippen LogP contribution in [0.15, 0.2) is 12.2 Å². The van der Waals surface area contributed by atoms with Gasteiger partial charge in [0.25, 0.3) is 0 Å². The molecule has 6 heteroatoms. The van der Waals surface area contributed by atoms with Crippen molar-refractivity contribution in [3.63, 3.8) is 0 Å². The fourth-order valence-corrected chi connectivity index (χ4v) is 2.21. The van der Waals surface area contributed by atoms with E-state index >= 15 is 0 Å². The molecule has 0 heterocycles. The fourth-order valence-electron chi connectivity index (χ4n) is 2.21. The number of rotatable bonds is 15. The van der Waals surface area contributed by atoms with Gasteiger partial charge >= 0.3 is 11.9 Å². The number of aliphatic carboxylic acids is 1. The van der Waals surface area contributed by atoms with Crippen LogP contribution in [-0.4, -0.2) is 36.1 Å². The molecular weight excluding hydrogens is 310 g/mol. The minimum atomic E-state index is -1.21. The molecule has 0 aromatic heterocycles. The average molecular weight is 341 g/mol. The number of carbonyl (C=O) groups is 3. The summed E-state index contributed by atoms with van der Waals surface area (Å²) >= 11 is 0. The number of carboxylic acid groups (broad SMARTS) is 1. The van der Waals surface area contributed by atoms with Gasteiger partial charge in [-0.05, 0) is 6.42 Å². The first-order valence-corrected chi connectivity index (χ1v) is 8.90. The first-order valence-electron chi connectivity index (χ1n) is 8.90. The molecule has 0 aromatic carbocycles. The molecule has 0 aliphatic rings. The van der Waals surface area contributed by atoms with Crippen molar-refractivity contribution in [2.45, 2.75) is 71.1 Å². The molecule has 0 unspecified atom stereocenters. The second kappa shape index (κ2) is 16.0. The van der Waals surface area contributed by atoms with E-state index < -0.39 is 11.9 Å². The number of esters is 1. The second-order valence-electron chi connectivity index (χ2n) is 5.77. The monoisotopic (exact) mass is 341 g/mol. The van der Waals surface area contributed by atoms with Gasteiger partial charge in [0.15, 0.2) is 0 Å². The van der Waals surface area contributed by atoms with Gasteiger partial charge in [-0.25, -0.2) is 9.59 Å². The van der Waals surface area contributed by atoms with Crippen molar-refractivity contribution in [1.82, 2.24) is 5.32 Å². The van der Waals surface area contributed by atoms with E-state index in [2.05, 4.69) is 12.2 Å². The molecule has 2 N–H and O–H groups in total. The van der Waals surface area contributed by atoms with Crippen molar-refractivity contribution in [3.8, 4) is 0 Å². The third kappa shape index (κ3) is 16.5. The molecule has 0 fully saturated rings. The molecule has 0 saturated heterocycles. The van der Waals surface area contributed by atoms with E-state index in [9.17, 15) is 14.4 Å². The Balaban J connectivity index is 3.38. The maximum atomic E-state index is 11.6. The first-order chi connectivity index (χ1) is 11.6. The topological polar surface area (TPSA) is 92.7 Å². The van der Waals surface area contributed by atoms with Gasteiger partial charge in [-0.1, -0.05) is 58.3 Å². The van der Waals surface area contributed by atoms with E-state index in [1.54, 1.807) is 0 Å². The summed E-state index contributed by atoms with van der Waals surface area (Å²) in [7, 11) is 0. The van der Waals surface area contributed by atoms with Gasteiger partial charge in [0.05, 0.1) is 6.54 Å². The zero-order chi connectivity index (χ0) is 18.0. The molecule has 6 nitrogen and oxygen atoms in total. The van der Waals surface area contributed by atoms with Crippen LogP contribution in [0.2, 0.25) is 0 Å². The Kier molecular flexibility index (Phi) is 14.8. The predicted octanol–water partition coefficient (Wildman–Crippen LogP) is 3.21. The van der Waals surface area contributed by atoms with Crippen LogP contribution in [-0.2, 0) is 19.1 Å². The summed E-state index contributed by atoms with van der Waals surface area (Å²) in [4.78, 5) is 32.8. The standard InChI is InChI=1S/C18H31NO5/c1-2-3-4-5-6-7-8-9-10-11-16(20)19-14-15-24-18(23)13-12-17(21)22/h12-13H,2-11,14-15H2,1H3,(H,19,20)(H,21,22). The molecule has 0 aliphatic carbocycles. The van der Waals surface area contributed by atoms with Crippen LogP contribution in [0, 0.1) is 0 Å². The number of unbranched alkanes of at least 4 members (excludes halogenated alkanes) is 8. The number of ether oxygens (including phenoxy) is 1. The normalized spacial score (nSPS) is 10.7. The third-order valence-corrected chi connectivity index (χ3v) is 3.54. The quantitative estimate of drug-likeness (QED) is 0.271. The van der Waals surface area contributed by atoms with Gasteiger partial charge in [-0.15, -0.1) is 0 Å². The molecule has 0 atom stereocenters. The highest BCUT2D eigenvalue weighted by atomic mass is 16.5. The van der Waals surface area contributed by atoms with E-state index in [1.807, 2.05) is 0 Å². The number of amides is 1. The van der Waals surface area contributed by atoms with Crippen LogP contribution in [0.1, 0.15) is 71.1 Å². The molecule has 138 valence electrons. The molecule has 0 aliphatic heterocycles. The number of carboxylic acids is 1. The molecule has 0 rings (SSSR count). The Labute approximate surface area is 144 Å². The molecule has 24 heavy (non-hydrogen) atoms. The molecule has 0 saturated carbocycles. The first kappa shape index (κ1) is 22.1. The van der Waals surface area contributed by atoms with Crippen LogP contribution < -0.4 is 5.32 Å². The van der Waals surface area contributed by atoms with Crippen molar-refractivity contribution < 1.29 is 24.2 Å². The van der Waals surface area contributed by atoms with Crippen LogP contribution in [0.5, 0.6) is 0 Å². The van der Waals surface area contributed by atoms with Gasteiger partial charge < -0.3 is 15.2 Å². The lowest BCUT2D eigenvalue weighted by atomic mass is 10.1. The van der Waals surface area contributed by atoms with Crippen molar-refractivity contribution in [1.29, 1.82) is 0 Å². The lowest BCUT2D eigenvalue weighted by Crippen LogP contribution is -2.27. The smallest absolute Gasteiger partial charge is 0.331 e. The van der Waals surface area contributed by atoms with Gasteiger partial charge in [0.2, 0.25) is 5.91 Å². The lowest BCUT2D eigenvalue weighted by Gasteiger charge is -2.05. The molecule has 1 amide bonds.